The van der Waals surface area contributed by atoms with Crippen molar-refractivity contribution in [3.05, 3.63) is 71.6 Å². The lowest BCUT2D eigenvalue weighted by Crippen LogP contribution is -2.26. The number of carbonyl (C=O) groups excluding carboxylic acids is 1. The van der Waals surface area contributed by atoms with Crippen LogP contribution < -0.4 is 5.32 Å². The maximum atomic E-state index is 14.6. The molecule has 1 N–H and O–H groups in total. The zero-order chi connectivity index (χ0) is 23.4. The van der Waals surface area contributed by atoms with Crippen LogP contribution >= 0.6 is 0 Å². The van der Waals surface area contributed by atoms with E-state index in [0.717, 1.165) is 60.5 Å². The first-order valence-electron chi connectivity index (χ1n) is 11.8. The highest BCUT2D eigenvalue weighted by molar-refractivity contribution is 5.96. The number of fused-ring (bicyclic) bond motifs is 1. The topological polar surface area (TPSA) is 67.5 Å². The number of hydrogen-bond donors (Lipinski definition) is 1. The Labute approximate surface area is 197 Å². The molecular weight excluding hydrogens is 431 g/mol. The molecule has 0 radical (unpaired) electrons. The number of rotatable bonds is 5. The zero-order valence-electron chi connectivity index (χ0n) is 19.3. The molecule has 174 valence electrons. The quantitative estimate of drug-likeness (QED) is 0.492. The van der Waals surface area contributed by atoms with Crippen LogP contribution in [0.5, 0.6) is 0 Å². The number of nitrogens with one attached hydrogen (secondary N) is 1. The highest BCUT2D eigenvalue weighted by Crippen LogP contribution is 2.29. The van der Waals surface area contributed by atoms with Crippen molar-refractivity contribution >= 4 is 11.6 Å². The molecule has 4 heterocycles. The molecule has 8 heteroatoms. The van der Waals surface area contributed by atoms with Gasteiger partial charge in [-0.15, -0.1) is 0 Å². The third-order valence-corrected chi connectivity index (χ3v) is 6.97. The molecule has 1 aromatic carbocycles. The van der Waals surface area contributed by atoms with Crippen molar-refractivity contribution in [3.8, 4) is 16.9 Å². The number of aryl methyl sites for hydroxylation is 1. The summed E-state index contributed by atoms with van der Waals surface area (Å²) in [6, 6.07) is 7.45. The summed E-state index contributed by atoms with van der Waals surface area (Å²) in [6.07, 6.45) is 10.7. The fourth-order valence-corrected chi connectivity index (χ4v) is 4.84. The molecular formula is C26H27FN6O. The summed E-state index contributed by atoms with van der Waals surface area (Å²) in [4.78, 5) is 19.4. The van der Waals surface area contributed by atoms with Gasteiger partial charge in [0, 0.05) is 30.5 Å². The van der Waals surface area contributed by atoms with E-state index in [1.165, 1.54) is 11.6 Å². The number of hydrogen-bond acceptors (Lipinski definition) is 4. The van der Waals surface area contributed by atoms with E-state index in [0.29, 0.717) is 5.92 Å². The largest absolute Gasteiger partial charge is 0.349 e. The number of aromatic nitrogens is 4. The zero-order valence-corrected chi connectivity index (χ0v) is 19.3. The van der Waals surface area contributed by atoms with Gasteiger partial charge < -0.3 is 10.2 Å². The number of nitrogens with zero attached hydrogens (tertiary/aromatic N) is 5. The number of likely N-dealkylation sites (tertiary alicyclic amines) is 1. The number of likely N-dealkylation sites (N-methyl/N-ethyl adjacent to an activating group) is 1. The second kappa shape index (κ2) is 8.06. The van der Waals surface area contributed by atoms with Gasteiger partial charge in [-0.2, -0.15) is 5.10 Å². The molecule has 6 rings (SSSR count). The summed E-state index contributed by atoms with van der Waals surface area (Å²) in [5.41, 5.74) is 4.59. The Balaban J connectivity index is 1.34. The summed E-state index contributed by atoms with van der Waals surface area (Å²) in [7, 11) is 2.16. The standard InChI is InChI=1S/C26H27FN6O/c1-16-9-23(27)22(26(34)30-20-4-5-20)10-21(16)19-11-29-33(15-19)25-12-28-24-6-3-17(14-32(24)25)18-7-8-31(2)13-18/h3,6,9-12,14-15,18,20H,4-5,7-8,13H2,1-2H3,(H,30,34)/t18-/m0/s1. The van der Waals surface area contributed by atoms with E-state index in [-0.39, 0.29) is 17.5 Å². The number of imidazole rings is 1. The number of pyridine rings is 1. The van der Waals surface area contributed by atoms with E-state index in [2.05, 4.69) is 50.1 Å². The molecule has 1 saturated heterocycles. The van der Waals surface area contributed by atoms with Crippen LogP contribution in [0.2, 0.25) is 0 Å². The highest BCUT2D eigenvalue weighted by Gasteiger charge is 2.26. The maximum Gasteiger partial charge on any atom is 0.254 e. The average Bonchev–Trinajstić information content (AvgIpc) is 3.18. The van der Waals surface area contributed by atoms with Gasteiger partial charge in [0.25, 0.3) is 5.91 Å². The van der Waals surface area contributed by atoms with Gasteiger partial charge >= 0.3 is 0 Å². The lowest BCUT2D eigenvalue weighted by molar-refractivity contribution is 0.0947. The molecule has 1 aliphatic carbocycles. The summed E-state index contributed by atoms with van der Waals surface area (Å²) in [5, 5.41) is 7.45. The van der Waals surface area contributed by atoms with Gasteiger partial charge in [0.1, 0.15) is 11.5 Å². The number of carbonyl (C=O) groups is 1. The summed E-state index contributed by atoms with van der Waals surface area (Å²) < 4.78 is 18.4. The third kappa shape index (κ3) is 3.77. The lowest BCUT2D eigenvalue weighted by Gasteiger charge is -2.12. The number of halogens is 1. The molecule has 2 fully saturated rings. The van der Waals surface area contributed by atoms with E-state index in [9.17, 15) is 9.18 Å². The summed E-state index contributed by atoms with van der Waals surface area (Å²) in [5.74, 6) is 0.486. The van der Waals surface area contributed by atoms with Gasteiger partial charge in [0.2, 0.25) is 0 Å². The minimum Gasteiger partial charge on any atom is -0.349 e. The van der Waals surface area contributed by atoms with Gasteiger partial charge in [-0.25, -0.2) is 14.1 Å². The fourth-order valence-electron chi connectivity index (χ4n) is 4.84. The van der Waals surface area contributed by atoms with Crippen molar-refractivity contribution < 1.29 is 9.18 Å². The first kappa shape index (κ1) is 21.0. The molecule has 0 spiro atoms. The number of benzene rings is 1. The predicted molar refractivity (Wildman–Crippen MR) is 128 cm³/mol. The third-order valence-electron chi connectivity index (χ3n) is 6.97. The van der Waals surface area contributed by atoms with Gasteiger partial charge in [-0.3, -0.25) is 9.20 Å². The van der Waals surface area contributed by atoms with Crippen LogP contribution in [0.3, 0.4) is 0 Å². The second-order valence-corrected chi connectivity index (χ2v) is 9.62. The van der Waals surface area contributed by atoms with Crippen LogP contribution in [0.15, 0.2) is 49.1 Å². The van der Waals surface area contributed by atoms with Gasteiger partial charge in [0.05, 0.1) is 18.0 Å². The maximum absolute atomic E-state index is 14.6. The molecule has 2 aliphatic rings. The second-order valence-electron chi connectivity index (χ2n) is 9.62. The Morgan fingerprint density at radius 1 is 1.15 bits per heavy atom. The monoisotopic (exact) mass is 458 g/mol. The van der Waals surface area contributed by atoms with Crippen molar-refractivity contribution in [2.75, 3.05) is 20.1 Å². The number of amides is 1. The molecule has 7 nitrogen and oxygen atoms in total. The first-order chi connectivity index (χ1) is 16.5. The van der Waals surface area contributed by atoms with Crippen molar-refractivity contribution in [3.63, 3.8) is 0 Å². The molecule has 1 aliphatic heterocycles. The van der Waals surface area contributed by atoms with Crippen LogP contribution in [0.25, 0.3) is 22.6 Å². The average molecular weight is 459 g/mol. The van der Waals surface area contributed by atoms with Crippen LogP contribution in [-0.4, -0.2) is 56.2 Å². The van der Waals surface area contributed by atoms with Crippen LogP contribution in [0.4, 0.5) is 4.39 Å². The van der Waals surface area contributed by atoms with E-state index in [4.69, 9.17) is 0 Å². The van der Waals surface area contributed by atoms with Crippen LogP contribution in [0, 0.1) is 12.7 Å². The molecule has 0 unspecified atom stereocenters. The Kier molecular flexibility index (Phi) is 4.99. The van der Waals surface area contributed by atoms with Crippen molar-refractivity contribution in [2.45, 2.75) is 38.1 Å². The van der Waals surface area contributed by atoms with Gasteiger partial charge in [-0.1, -0.05) is 6.07 Å². The van der Waals surface area contributed by atoms with E-state index in [1.807, 2.05) is 19.3 Å². The van der Waals surface area contributed by atoms with E-state index in [1.54, 1.807) is 16.9 Å². The minimum atomic E-state index is -0.501. The Morgan fingerprint density at radius 3 is 2.76 bits per heavy atom. The first-order valence-corrected chi connectivity index (χ1v) is 11.8. The molecule has 34 heavy (non-hydrogen) atoms. The van der Waals surface area contributed by atoms with Gasteiger partial charge in [0.15, 0.2) is 5.82 Å². The predicted octanol–water partition coefficient (Wildman–Crippen LogP) is 3.95. The Morgan fingerprint density at radius 2 is 2.00 bits per heavy atom. The SMILES string of the molecule is Cc1cc(F)c(C(=O)NC2CC2)cc1-c1cnn(-c2cnc3ccc([C@H]4CCN(C)C4)cn23)c1. The van der Waals surface area contributed by atoms with Crippen molar-refractivity contribution in [1.29, 1.82) is 0 Å². The van der Waals surface area contributed by atoms with Crippen molar-refractivity contribution in [2.24, 2.45) is 0 Å². The Bertz CT molecular complexity index is 1400. The van der Waals surface area contributed by atoms with E-state index < -0.39 is 5.82 Å². The molecule has 0 bridgehead atoms. The normalized spacial score (nSPS) is 18.6. The van der Waals surface area contributed by atoms with Gasteiger partial charge in [-0.05, 0) is 80.6 Å². The molecule has 1 atom stereocenters. The Hall–Kier alpha value is -3.52. The smallest absolute Gasteiger partial charge is 0.254 e. The summed E-state index contributed by atoms with van der Waals surface area (Å²) >= 11 is 0. The highest BCUT2D eigenvalue weighted by atomic mass is 19.1. The molecule has 1 amide bonds. The molecule has 3 aromatic heterocycles. The lowest BCUT2D eigenvalue weighted by atomic mass is 9.99. The van der Waals surface area contributed by atoms with Crippen molar-refractivity contribution in [1.82, 2.24) is 29.4 Å². The van der Waals surface area contributed by atoms with Crippen LogP contribution in [-0.2, 0) is 0 Å². The minimum absolute atomic E-state index is 0.0706. The van der Waals surface area contributed by atoms with E-state index >= 15 is 0 Å². The van der Waals surface area contributed by atoms with Crippen LogP contribution in [0.1, 0.15) is 46.7 Å². The molecule has 4 aromatic rings. The fraction of sp³-hybridized carbons (Fsp3) is 0.346. The molecule has 1 saturated carbocycles. The summed E-state index contributed by atoms with van der Waals surface area (Å²) in [6.45, 7) is 4.01.